The van der Waals surface area contributed by atoms with Gasteiger partial charge in [-0.2, -0.15) is 0 Å². The Balaban J connectivity index is 1.49. The lowest BCUT2D eigenvalue weighted by atomic mass is 10.1. The van der Waals surface area contributed by atoms with E-state index in [-0.39, 0.29) is 5.91 Å². The molecule has 1 N–H and O–H groups in total. The summed E-state index contributed by atoms with van der Waals surface area (Å²) in [5.41, 5.74) is 1.64. The molecule has 1 aliphatic heterocycles. The minimum atomic E-state index is -0.108. The molecular formula is C20H23ClN2O2. The molecule has 4 nitrogen and oxygen atoms in total. The fourth-order valence-electron chi connectivity index (χ4n) is 2.87. The van der Waals surface area contributed by atoms with E-state index in [1.54, 1.807) is 24.3 Å². The van der Waals surface area contributed by atoms with Gasteiger partial charge < -0.3 is 15.0 Å². The summed E-state index contributed by atoms with van der Waals surface area (Å²) < 4.78 is 6.04. The van der Waals surface area contributed by atoms with Crippen molar-refractivity contribution in [2.75, 3.05) is 20.1 Å². The van der Waals surface area contributed by atoms with Crippen LogP contribution in [0.2, 0.25) is 5.02 Å². The molecule has 1 aliphatic rings. The van der Waals surface area contributed by atoms with Gasteiger partial charge in [0.15, 0.2) is 0 Å². The minimum absolute atomic E-state index is 0.108. The molecule has 0 saturated carbocycles. The van der Waals surface area contributed by atoms with Crippen molar-refractivity contribution in [3.63, 3.8) is 0 Å². The first-order valence-corrected chi connectivity index (χ1v) is 8.96. The van der Waals surface area contributed by atoms with Gasteiger partial charge in [-0.3, -0.25) is 4.79 Å². The van der Waals surface area contributed by atoms with Crippen molar-refractivity contribution in [2.24, 2.45) is 0 Å². The molecule has 0 aliphatic carbocycles. The molecule has 1 fully saturated rings. The molecular weight excluding hydrogens is 336 g/mol. The molecule has 132 valence electrons. The Bertz CT molecular complexity index is 693. The Morgan fingerprint density at radius 1 is 1.12 bits per heavy atom. The highest BCUT2D eigenvalue weighted by Crippen LogP contribution is 2.19. The Morgan fingerprint density at radius 2 is 1.76 bits per heavy atom. The Hall–Kier alpha value is -2.04. The van der Waals surface area contributed by atoms with E-state index in [9.17, 15) is 4.79 Å². The summed E-state index contributed by atoms with van der Waals surface area (Å²) in [6.07, 6.45) is 2.43. The zero-order valence-corrected chi connectivity index (χ0v) is 15.1. The van der Waals surface area contributed by atoms with Crippen LogP contribution in [0.4, 0.5) is 0 Å². The number of carbonyl (C=O) groups excluding carboxylic acids is 1. The SMILES string of the molecule is CN1CCC(Oc2ccc(CNC(=O)c3ccc(Cl)cc3)cc2)CC1. The highest BCUT2D eigenvalue weighted by atomic mass is 35.5. The Labute approximate surface area is 153 Å². The van der Waals surface area contributed by atoms with Crippen LogP contribution in [-0.2, 0) is 6.54 Å². The van der Waals surface area contributed by atoms with Crippen LogP contribution in [0.25, 0.3) is 0 Å². The van der Waals surface area contributed by atoms with E-state index in [0.29, 0.717) is 23.2 Å². The highest BCUT2D eigenvalue weighted by Gasteiger charge is 2.17. The maximum Gasteiger partial charge on any atom is 0.251 e. The summed E-state index contributed by atoms with van der Waals surface area (Å²) >= 11 is 5.84. The highest BCUT2D eigenvalue weighted by molar-refractivity contribution is 6.30. The van der Waals surface area contributed by atoms with E-state index in [0.717, 1.165) is 37.2 Å². The van der Waals surface area contributed by atoms with Gasteiger partial charge in [0.25, 0.3) is 5.91 Å². The fourth-order valence-corrected chi connectivity index (χ4v) is 2.99. The molecule has 2 aromatic rings. The molecule has 1 saturated heterocycles. The second-order valence-corrected chi connectivity index (χ2v) is 6.89. The van der Waals surface area contributed by atoms with Crippen LogP contribution in [-0.4, -0.2) is 37.0 Å². The quantitative estimate of drug-likeness (QED) is 0.885. The Morgan fingerprint density at radius 3 is 2.40 bits per heavy atom. The molecule has 2 aromatic carbocycles. The molecule has 1 amide bonds. The van der Waals surface area contributed by atoms with Crippen molar-refractivity contribution in [3.05, 3.63) is 64.7 Å². The third kappa shape index (κ3) is 5.21. The normalized spacial score (nSPS) is 15.8. The smallest absolute Gasteiger partial charge is 0.251 e. The summed E-state index contributed by atoms with van der Waals surface area (Å²) in [6, 6.07) is 14.8. The second-order valence-electron chi connectivity index (χ2n) is 6.45. The molecule has 0 bridgehead atoms. The first-order valence-electron chi connectivity index (χ1n) is 8.58. The van der Waals surface area contributed by atoms with E-state index >= 15 is 0 Å². The lowest BCUT2D eigenvalue weighted by molar-refractivity contribution is 0.0951. The number of rotatable bonds is 5. The fraction of sp³-hybridized carbons (Fsp3) is 0.350. The van der Waals surface area contributed by atoms with Crippen LogP contribution in [0.5, 0.6) is 5.75 Å². The van der Waals surface area contributed by atoms with Crippen LogP contribution in [0.3, 0.4) is 0 Å². The number of carbonyl (C=O) groups is 1. The maximum absolute atomic E-state index is 12.1. The third-order valence-electron chi connectivity index (χ3n) is 4.45. The molecule has 0 spiro atoms. The zero-order valence-electron chi connectivity index (χ0n) is 14.4. The van der Waals surface area contributed by atoms with E-state index in [4.69, 9.17) is 16.3 Å². The standard InChI is InChI=1S/C20H23ClN2O2/c1-23-12-10-19(11-13-23)25-18-8-2-15(3-9-18)14-22-20(24)16-4-6-17(21)7-5-16/h2-9,19H,10-14H2,1H3,(H,22,24). The lowest BCUT2D eigenvalue weighted by Crippen LogP contribution is -2.35. The van der Waals surface area contributed by atoms with E-state index in [1.807, 2.05) is 24.3 Å². The number of halogens is 1. The zero-order chi connectivity index (χ0) is 17.6. The molecule has 0 aromatic heterocycles. The first-order chi connectivity index (χ1) is 12.1. The molecule has 0 atom stereocenters. The monoisotopic (exact) mass is 358 g/mol. The van der Waals surface area contributed by atoms with Gasteiger partial charge in [-0.05, 0) is 61.9 Å². The van der Waals surface area contributed by atoms with Gasteiger partial charge in [-0.1, -0.05) is 23.7 Å². The van der Waals surface area contributed by atoms with E-state index in [2.05, 4.69) is 17.3 Å². The predicted octanol–water partition coefficient (Wildman–Crippen LogP) is 3.74. The molecule has 0 unspecified atom stereocenters. The number of nitrogens with zero attached hydrogens (tertiary/aromatic N) is 1. The van der Waals surface area contributed by atoms with Crippen LogP contribution < -0.4 is 10.1 Å². The summed E-state index contributed by atoms with van der Waals surface area (Å²) in [4.78, 5) is 14.4. The van der Waals surface area contributed by atoms with Gasteiger partial charge in [0.1, 0.15) is 11.9 Å². The van der Waals surface area contributed by atoms with Crippen LogP contribution in [0.15, 0.2) is 48.5 Å². The summed E-state index contributed by atoms with van der Waals surface area (Å²) in [5.74, 6) is 0.783. The number of ether oxygens (including phenoxy) is 1. The second kappa shape index (κ2) is 8.37. The molecule has 1 heterocycles. The van der Waals surface area contributed by atoms with Gasteiger partial charge in [-0.15, -0.1) is 0 Å². The number of likely N-dealkylation sites (tertiary alicyclic amines) is 1. The van der Waals surface area contributed by atoms with Crippen LogP contribution >= 0.6 is 11.6 Å². The number of nitrogens with one attached hydrogen (secondary N) is 1. The van der Waals surface area contributed by atoms with Gasteiger partial charge in [0, 0.05) is 30.2 Å². The van der Waals surface area contributed by atoms with E-state index < -0.39 is 0 Å². The van der Waals surface area contributed by atoms with Crippen LogP contribution in [0, 0.1) is 0 Å². The number of hydrogen-bond acceptors (Lipinski definition) is 3. The summed E-state index contributed by atoms with van der Waals surface area (Å²) in [6.45, 7) is 2.65. The number of benzene rings is 2. The molecule has 0 radical (unpaired) electrons. The van der Waals surface area contributed by atoms with Crippen molar-refractivity contribution < 1.29 is 9.53 Å². The van der Waals surface area contributed by atoms with Crippen molar-refractivity contribution in [1.29, 1.82) is 0 Å². The summed E-state index contributed by atoms with van der Waals surface area (Å²) in [7, 11) is 2.14. The van der Waals surface area contributed by atoms with Gasteiger partial charge >= 0.3 is 0 Å². The first kappa shape index (κ1) is 17.8. The van der Waals surface area contributed by atoms with Crippen LogP contribution in [0.1, 0.15) is 28.8 Å². The largest absolute Gasteiger partial charge is 0.490 e. The van der Waals surface area contributed by atoms with Gasteiger partial charge in [0.2, 0.25) is 0 Å². The average Bonchev–Trinajstić information content (AvgIpc) is 2.63. The molecule has 3 rings (SSSR count). The van der Waals surface area contributed by atoms with Crippen molar-refractivity contribution >= 4 is 17.5 Å². The summed E-state index contributed by atoms with van der Waals surface area (Å²) in [5, 5.41) is 3.53. The number of amides is 1. The Kier molecular flexibility index (Phi) is 5.95. The van der Waals surface area contributed by atoms with Crippen molar-refractivity contribution in [1.82, 2.24) is 10.2 Å². The maximum atomic E-state index is 12.1. The minimum Gasteiger partial charge on any atom is -0.490 e. The molecule has 25 heavy (non-hydrogen) atoms. The molecule has 5 heteroatoms. The van der Waals surface area contributed by atoms with Gasteiger partial charge in [0.05, 0.1) is 0 Å². The number of hydrogen-bond donors (Lipinski definition) is 1. The van der Waals surface area contributed by atoms with E-state index in [1.165, 1.54) is 0 Å². The average molecular weight is 359 g/mol. The van der Waals surface area contributed by atoms with Gasteiger partial charge in [-0.25, -0.2) is 0 Å². The predicted molar refractivity (Wildman–Crippen MR) is 100 cm³/mol. The number of piperidine rings is 1. The topological polar surface area (TPSA) is 41.6 Å². The third-order valence-corrected chi connectivity index (χ3v) is 4.70. The van der Waals surface area contributed by atoms with Crippen molar-refractivity contribution in [3.8, 4) is 5.75 Å². The lowest BCUT2D eigenvalue weighted by Gasteiger charge is -2.29. The van der Waals surface area contributed by atoms with Crippen molar-refractivity contribution in [2.45, 2.75) is 25.5 Å².